The van der Waals surface area contributed by atoms with Crippen LogP contribution in [-0.2, 0) is 50.1 Å². The maximum atomic E-state index is 14.9. The highest BCUT2D eigenvalue weighted by atomic mass is 32.2. The Morgan fingerprint density at radius 3 is 2.14 bits per heavy atom. The molecule has 3 aromatic carbocycles. The van der Waals surface area contributed by atoms with E-state index in [-0.39, 0.29) is 65.5 Å². The number of likely N-dealkylation sites (N-methyl/N-ethyl adjacent to an activating group) is 1. The van der Waals surface area contributed by atoms with Gasteiger partial charge in [0.05, 0.1) is 0 Å². The number of nitrogens with zero attached hydrogens (tertiary/aromatic N) is 6. The number of rotatable bonds is 16. The molecule has 7 amide bonds. The van der Waals surface area contributed by atoms with Crippen molar-refractivity contribution in [2.45, 2.75) is 49.1 Å². The van der Waals surface area contributed by atoms with E-state index >= 15 is 0 Å². The van der Waals surface area contributed by atoms with Gasteiger partial charge in [-0.25, -0.2) is 9.59 Å². The third-order valence-corrected chi connectivity index (χ3v) is 13.5. The van der Waals surface area contributed by atoms with Crippen LogP contribution < -0.4 is 31.0 Å². The van der Waals surface area contributed by atoms with Crippen molar-refractivity contribution in [3.8, 4) is 17.4 Å². The lowest BCUT2D eigenvalue weighted by Gasteiger charge is -2.56. The molecule has 3 aliphatic heterocycles. The molecule has 0 spiro atoms. The number of urea groups is 1. The first-order chi connectivity index (χ1) is 33.5. The van der Waals surface area contributed by atoms with E-state index in [0.717, 1.165) is 59.0 Å². The van der Waals surface area contributed by atoms with Gasteiger partial charge in [0.1, 0.15) is 17.1 Å². The second-order valence-electron chi connectivity index (χ2n) is 15.5. The molecule has 364 valence electrons. The zero-order valence-electron chi connectivity index (χ0n) is 37.6. The summed E-state index contributed by atoms with van der Waals surface area (Å²) in [6, 6.07) is 17.9. The third kappa shape index (κ3) is 10.1. The SMILES string of the molecule is CCN1CCN(C(=O)NC(C(=O)N[C@]2(NC=O)C(=O)N3C(C(=O)OC(c4ccccc4)c4ccccc4)=C(CSc4nnc(O)c(=O)n4C)CS[C@H]32)c2ccc(OC(C)=O)c(OC(C)=O)c2)C(=O)C1=O. The molecule has 0 bridgehead atoms. The number of aromatic nitrogens is 3. The number of amides is 7. The van der Waals surface area contributed by atoms with Gasteiger partial charge in [0.15, 0.2) is 22.8 Å². The quantitative estimate of drug-likeness (QED) is 0.0232. The van der Waals surface area contributed by atoms with Gasteiger partial charge in [-0.1, -0.05) is 78.5 Å². The highest BCUT2D eigenvalue weighted by Crippen LogP contribution is 2.47. The van der Waals surface area contributed by atoms with Crippen LogP contribution >= 0.6 is 23.5 Å². The largest absolute Gasteiger partial charge is 0.488 e. The molecule has 2 fully saturated rings. The number of carbonyl (C=O) groups excluding carboxylic acids is 9. The molecule has 4 heterocycles. The Morgan fingerprint density at radius 2 is 1.53 bits per heavy atom. The minimum absolute atomic E-state index is 0.0225. The number of benzene rings is 3. The number of aromatic hydroxyl groups is 1. The molecule has 3 atom stereocenters. The number of thioether (sulfide) groups is 2. The van der Waals surface area contributed by atoms with Crippen molar-refractivity contribution in [2.24, 2.45) is 7.05 Å². The lowest BCUT2D eigenvalue weighted by atomic mass is 9.94. The number of esters is 3. The lowest BCUT2D eigenvalue weighted by molar-refractivity contribution is -0.164. The van der Waals surface area contributed by atoms with Gasteiger partial charge in [-0.2, -0.15) is 0 Å². The van der Waals surface area contributed by atoms with Gasteiger partial charge >= 0.3 is 41.3 Å². The first-order valence-electron chi connectivity index (χ1n) is 21.2. The van der Waals surface area contributed by atoms with Crippen LogP contribution in [-0.4, -0.2) is 131 Å². The van der Waals surface area contributed by atoms with E-state index in [0.29, 0.717) is 21.6 Å². The fourth-order valence-corrected chi connectivity index (χ4v) is 10.1. The molecular weight excluding hydrogens is 955 g/mol. The average molecular weight is 998 g/mol. The smallest absolute Gasteiger partial charge is 0.356 e. The molecule has 23 nitrogen and oxygen atoms in total. The maximum absolute atomic E-state index is 14.9. The number of nitrogens with one attached hydrogen (secondary N) is 3. The van der Waals surface area contributed by atoms with E-state index < -0.39 is 82.2 Å². The Morgan fingerprint density at radius 1 is 0.886 bits per heavy atom. The number of imide groups is 1. The molecule has 0 saturated carbocycles. The van der Waals surface area contributed by atoms with E-state index in [2.05, 4.69) is 26.1 Å². The normalized spacial score (nSPS) is 18.0. The van der Waals surface area contributed by atoms with Crippen LogP contribution in [0.2, 0.25) is 0 Å². The second-order valence-corrected chi connectivity index (χ2v) is 17.5. The van der Waals surface area contributed by atoms with Crippen molar-refractivity contribution in [3.63, 3.8) is 0 Å². The predicted molar refractivity (Wildman–Crippen MR) is 245 cm³/mol. The average Bonchev–Trinajstić information content (AvgIpc) is 3.34. The first kappa shape index (κ1) is 49.8. The van der Waals surface area contributed by atoms with E-state index in [1.807, 2.05) is 0 Å². The number of carbonyl (C=O) groups is 9. The number of hydrogen-bond acceptors (Lipinski definition) is 18. The highest BCUT2D eigenvalue weighted by Gasteiger charge is 2.66. The summed E-state index contributed by atoms with van der Waals surface area (Å²) in [7, 11) is 1.35. The van der Waals surface area contributed by atoms with Crippen LogP contribution in [0.25, 0.3) is 0 Å². The van der Waals surface area contributed by atoms with E-state index in [1.165, 1.54) is 18.0 Å². The minimum Gasteiger partial charge on any atom is -0.488 e. The Kier molecular flexibility index (Phi) is 15.0. The molecule has 4 aromatic rings. The summed E-state index contributed by atoms with van der Waals surface area (Å²) in [6.07, 6.45) is -0.853. The molecular formula is C45H43N9O14S2. The molecule has 2 saturated heterocycles. The molecule has 7 rings (SSSR count). The summed E-state index contributed by atoms with van der Waals surface area (Å²) < 4.78 is 17.7. The highest BCUT2D eigenvalue weighted by molar-refractivity contribution is 8.01. The molecule has 0 radical (unpaired) electrons. The van der Waals surface area contributed by atoms with Crippen molar-refractivity contribution in [3.05, 3.63) is 117 Å². The summed E-state index contributed by atoms with van der Waals surface area (Å²) in [6.45, 7) is 3.67. The van der Waals surface area contributed by atoms with Gasteiger partial charge in [-0.3, -0.25) is 52.7 Å². The third-order valence-electron chi connectivity index (χ3n) is 11.0. The standard InChI is InChI=1S/C45H43N9O14S2/c1-5-52-18-19-53(39(62)38(52)61)43(65)47-32(28-16-17-30(66-24(2)56)31(20-28)67-25(3)57)35(58)48-45(46-23-55)41(64)54-33(29(21-69-42(45)54)22-70-44-50-49-36(59)37(60)51(44)4)40(63)68-34(26-12-8-6-9-13-26)27-14-10-7-11-15-27/h6-17,20,23,32,34,42H,5,18-19,21-22H2,1-4H3,(H,46,55)(H,47,65)(H,48,58)(H,49,59)/t32?,42-,45+/m0/s1. The maximum Gasteiger partial charge on any atom is 0.356 e. The Balaban J connectivity index is 1.27. The monoisotopic (exact) mass is 997 g/mol. The molecule has 0 aliphatic carbocycles. The Bertz CT molecular complexity index is 2840. The summed E-state index contributed by atoms with van der Waals surface area (Å²) >= 11 is 1.97. The van der Waals surface area contributed by atoms with Crippen LogP contribution in [0.1, 0.15) is 49.6 Å². The van der Waals surface area contributed by atoms with Gasteiger partial charge in [-0.15, -0.1) is 22.0 Å². The number of ether oxygens (including phenoxy) is 3. The van der Waals surface area contributed by atoms with Crippen molar-refractivity contribution >= 4 is 77.5 Å². The lowest BCUT2D eigenvalue weighted by Crippen LogP contribution is -2.85. The molecule has 1 unspecified atom stereocenters. The number of fused-ring (bicyclic) bond motifs is 1. The van der Waals surface area contributed by atoms with Crippen LogP contribution in [0.5, 0.6) is 17.4 Å². The van der Waals surface area contributed by atoms with Gasteiger partial charge in [0.2, 0.25) is 18.0 Å². The van der Waals surface area contributed by atoms with E-state index in [4.69, 9.17) is 14.2 Å². The topological polar surface area (TPSA) is 295 Å². The van der Waals surface area contributed by atoms with Gasteiger partial charge in [-0.05, 0) is 41.3 Å². The second kappa shape index (κ2) is 21.1. The van der Waals surface area contributed by atoms with Crippen LogP contribution in [0.3, 0.4) is 0 Å². The van der Waals surface area contributed by atoms with Crippen molar-refractivity contribution in [1.82, 2.24) is 45.4 Å². The van der Waals surface area contributed by atoms with E-state index in [1.54, 1.807) is 67.6 Å². The fraction of sp³-hybridized carbons (Fsp3) is 0.289. The number of hydrogen-bond donors (Lipinski definition) is 4. The summed E-state index contributed by atoms with van der Waals surface area (Å²) in [4.78, 5) is 136. The van der Waals surface area contributed by atoms with Gasteiger partial charge in [0, 0.05) is 52.0 Å². The summed E-state index contributed by atoms with van der Waals surface area (Å²) in [5.41, 5.74) is -2.14. The number of piperazine rings is 1. The van der Waals surface area contributed by atoms with Crippen LogP contribution in [0.15, 0.2) is 100 Å². The molecule has 70 heavy (non-hydrogen) atoms. The van der Waals surface area contributed by atoms with Gasteiger partial charge < -0.3 is 40.2 Å². The Labute approximate surface area is 405 Å². The van der Waals surface area contributed by atoms with Crippen molar-refractivity contribution in [1.29, 1.82) is 0 Å². The van der Waals surface area contributed by atoms with Crippen molar-refractivity contribution in [2.75, 3.05) is 31.1 Å². The molecule has 3 aliphatic rings. The Hall–Kier alpha value is -8.06. The zero-order chi connectivity index (χ0) is 50.4. The molecule has 1 aromatic heterocycles. The molecule has 25 heteroatoms. The minimum atomic E-state index is -2.34. The molecule has 4 N–H and O–H groups in total. The fourth-order valence-electron chi connectivity index (χ4n) is 7.67. The van der Waals surface area contributed by atoms with Crippen LogP contribution in [0.4, 0.5) is 4.79 Å². The van der Waals surface area contributed by atoms with Gasteiger partial charge in [0.25, 0.3) is 11.8 Å². The van der Waals surface area contributed by atoms with Crippen molar-refractivity contribution < 1.29 is 62.5 Å². The zero-order valence-corrected chi connectivity index (χ0v) is 39.2. The predicted octanol–water partition coefficient (Wildman–Crippen LogP) is 1.03. The van der Waals surface area contributed by atoms with E-state index in [9.17, 15) is 53.1 Å². The number of β-lactam (4-membered cyclic amide) rings is 1. The first-order valence-corrected chi connectivity index (χ1v) is 23.2. The summed E-state index contributed by atoms with van der Waals surface area (Å²) in [5.74, 6) is -8.64. The van der Waals surface area contributed by atoms with Crippen LogP contribution in [0, 0.1) is 0 Å². The summed E-state index contributed by atoms with van der Waals surface area (Å²) in [5, 5.41) is 23.3.